The van der Waals surface area contributed by atoms with Crippen molar-refractivity contribution in [2.45, 2.75) is 13.0 Å². The topological polar surface area (TPSA) is 60.3 Å². The van der Waals surface area contributed by atoms with Gasteiger partial charge in [0.2, 0.25) is 0 Å². The molecule has 5 nitrogen and oxygen atoms in total. The Labute approximate surface area is 115 Å². The summed E-state index contributed by atoms with van der Waals surface area (Å²) in [6.45, 7) is 1.91. The first-order valence-corrected chi connectivity index (χ1v) is 6.43. The Morgan fingerprint density at radius 3 is 2.65 bits per heavy atom. The Kier molecular flexibility index (Phi) is 2.99. The van der Waals surface area contributed by atoms with E-state index in [2.05, 4.69) is 5.32 Å². The van der Waals surface area contributed by atoms with Crippen LogP contribution >= 0.6 is 0 Å². The predicted molar refractivity (Wildman–Crippen MR) is 75.8 cm³/mol. The zero-order chi connectivity index (χ0) is 14.3. The van der Waals surface area contributed by atoms with Crippen LogP contribution in [0.5, 0.6) is 0 Å². The molecule has 2 heterocycles. The molecule has 0 saturated carbocycles. The van der Waals surface area contributed by atoms with Crippen LogP contribution in [-0.4, -0.2) is 11.6 Å². The third-order valence-electron chi connectivity index (χ3n) is 3.48. The summed E-state index contributed by atoms with van der Waals surface area (Å²) >= 11 is 0. The summed E-state index contributed by atoms with van der Waals surface area (Å²) in [5.74, 6) is 1.35. The van der Waals surface area contributed by atoms with Gasteiger partial charge in [0.05, 0.1) is 11.6 Å². The van der Waals surface area contributed by atoms with E-state index in [4.69, 9.17) is 8.83 Å². The molecule has 0 amide bonds. The molecule has 5 heteroatoms. The second-order valence-corrected chi connectivity index (χ2v) is 4.82. The number of aryl methyl sites for hydroxylation is 2. The van der Waals surface area contributed by atoms with Crippen LogP contribution < -0.4 is 11.1 Å². The Bertz CT molecular complexity index is 810. The first-order valence-electron chi connectivity index (χ1n) is 6.43. The molecular formula is C15H16N2O3. The van der Waals surface area contributed by atoms with E-state index >= 15 is 0 Å². The number of hydrogen-bond donors (Lipinski definition) is 1. The zero-order valence-electron chi connectivity index (χ0n) is 11.6. The monoisotopic (exact) mass is 272 g/mol. The highest BCUT2D eigenvalue weighted by Gasteiger charge is 2.17. The van der Waals surface area contributed by atoms with Crippen molar-refractivity contribution in [2.75, 3.05) is 7.05 Å². The van der Waals surface area contributed by atoms with Gasteiger partial charge >= 0.3 is 5.76 Å². The van der Waals surface area contributed by atoms with Gasteiger partial charge in [-0.3, -0.25) is 4.57 Å². The summed E-state index contributed by atoms with van der Waals surface area (Å²) in [6.07, 6.45) is 0. The Morgan fingerprint density at radius 1 is 1.20 bits per heavy atom. The maximum atomic E-state index is 11.5. The van der Waals surface area contributed by atoms with E-state index in [0.29, 0.717) is 5.58 Å². The van der Waals surface area contributed by atoms with Gasteiger partial charge in [-0.1, -0.05) is 6.07 Å². The first kappa shape index (κ1) is 12.7. The van der Waals surface area contributed by atoms with E-state index in [1.165, 1.54) is 4.57 Å². The Morgan fingerprint density at radius 2 is 2.00 bits per heavy atom. The fourth-order valence-electron chi connectivity index (χ4n) is 2.41. The van der Waals surface area contributed by atoms with Crippen LogP contribution in [0, 0.1) is 6.92 Å². The molecule has 0 spiro atoms. The maximum absolute atomic E-state index is 11.5. The van der Waals surface area contributed by atoms with Crippen molar-refractivity contribution >= 4 is 11.1 Å². The van der Waals surface area contributed by atoms with Gasteiger partial charge in [-0.25, -0.2) is 4.79 Å². The van der Waals surface area contributed by atoms with Crippen LogP contribution in [0.3, 0.4) is 0 Å². The molecule has 0 aliphatic carbocycles. The van der Waals surface area contributed by atoms with E-state index < -0.39 is 0 Å². The molecule has 3 aromatic rings. The molecule has 0 fully saturated rings. The number of oxazole rings is 1. The summed E-state index contributed by atoms with van der Waals surface area (Å²) < 4.78 is 12.4. The van der Waals surface area contributed by atoms with Crippen LogP contribution in [0.1, 0.15) is 23.1 Å². The second kappa shape index (κ2) is 4.68. The fourth-order valence-corrected chi connectivity index (χ4v) is 2.41. The maximum Gasteiger partial charge on any atom is 0.419 e. The van der Waals surface area contributed by atoms with Crippen LogP contribution in [0.2, 0.25) is 0 Å². The van der Waals surface area contributed by atoms with Crippen LogP contribution in [0.4, 0.5) is 0 Å². The lowest BCUT2D eigenvalue weighted by Gasteiger charge is -2.14. The average Bonchev–Trinajstić information content (AvgIpc) is 2.96. The van der Waals surface area contributed by atoms with Crippen molar-refractivity contribution in [2.24, 2.45) is 7.05 Å². The standard InChI is InChI=1S/C15H16N2O3/c1-9-4-7-12(19-9)14(16-2)10-5-6-11-13(8-10)20-15(18)17(11)3/h4-8,14,16H,1-3H3. The zero-order valence-corrected chi connectivity index (χ0v) is 11.6. The van der Waals surface area contributed by atoms with Crippen molar-refractivity contribution in [1.29, 1.82) is 0 Å². The number of fused-ring (bicyclic) bond motifs is 1. The number of nitrogens with one attached hydrogen (secondary N) is 1. The molecule has 1 atom stereocenters. The van der Waals surface area contributed by atoms with Crippen molar-refractivity contribution in [3.05, 3.63) is 58.0 Å². The van der Waals surface area contributed by atoms with E-state index in [-0.39, 0.29) is 11.8 Å². The minimum atomic E-state index is -0.355. The Hall–Kier alpha value is -2.27. The van der Waals surface area contributed by atoms with E-state index in [1.54, 1.807) is 7.05 Å². The van der Waals surface area contributed by atoms with Crippen molar-refractivity contribution < 1.29 is 8.83 Å². The van der Waals surface area contributed by atoms with Gasteiger partial charge in [-0.2, -0.15) is 0 Å². The summed E-state index contributed by atoms with van der Waals surface area (Å²) in [5.41, 5.74) is 2.35. The molecule has 0 aliphatic rings. The summed E-state index contributed by atoms with van der Waals surface area (Å²) in [6, 6.07) is 9.53. The van der Waals surface area contributed by atoms with Gasteiger partial charge in [0, 0.05) is 7.05 Å². The minimum absolute atomic E-state index is 0.0707. The highest BCUT2D eigenvalue weighted by molar-refractivity contribution is 5.74. The van der Waals surface area contributed by atoms with E-state index in [0.717, 1.165) is 22.6 Å². The SMILES string of the molecule is CNC(c1ccc2c(c1)oc(=O)n2C)c1ccc(C)o1. The van der Waals surface area contributed by atoms with Crippen molar-refractivity contribution in [1.82, 2.24) is 9.88 Å². The minimum Gasteiger partial charge on any atom is -0.464 e. The number of rotatable bonds is 3. The van der Waals surface area contributed by atoms with Crippen LogP contribution in [-0.2, 0) is 7.05 Å². The van der Waals surface area contributed by atoms with Crippen LogP contribution in [0.25, 0.3) is 11.1 Å². The molecule has 0 radical (unpaired) electrons. The van der Waals surface area contributed by atoms with Gasteiger partial charge in [0.15, 0.2) is 5.58 Å². The molecule has 3 rings (SSSR count). The molecular weight excluding hydrogens is 256 g/mol. The van der Waals surface area contributed by atoms with E-state index in [9.17, 15) is 4.79 Å². The lowest BCUT2D eigenvalue weighted by Crippen LogP contribution is -2.16. The number of aromatic nitrogens is 1. The predicted octanol–water partition coefficient (Wildman–Crippen LogP) is 2.34. The lowest BCUT2D eigenvalue weighted by atomic mass is 10.0. The van der Waals surface area contributed by atoms with Gasteiger partial charge in [-0.05, 0) is 43.8 Å². The summed E-state index contributed by atoms with van der Waals surface area (Å²) in [7, 11) is 3.56. The normalized spacial score (nSPS) is 12.9. The van der Waals surface area contributed by atoms with Gasteiger partial charge in [0.1, 0.15) is 11.5 Å². The van der Waals surface area contributed by atoms with Gasteiger partial charge in [0.25, 0.3) is 0 Å². The number of furan rings is 1. The fraction of sp³-hybridized carbons (Fsp3) is 0.267. The molecule has 2 aromatic heterocycles. The second-order valence-electron chi connectivity index (χ2n) is 4.82. The van der Waals surface area contributed by atoms with Crippen molar-refractivity contribution in [3.63, 3.8) is 0 Å². The van der Waals surface area contributed by atoms with Crippen LogP contribution in [0.15, 0.2) is 44.0 Å². The van der Waals surface area contributed by atoms with E-state index in [1.807, 2.05) is 44.3 Å². The molecule has 104 valence electrons. The highest BCUT2D eigenvalue weighted by atomic mass is 16.4. The third-order valence-corrected chi connectivity index (χ3v) is 3.48. The van der Waals surface area contributed by atoms with Gasteiger partial charge < -0.3 is 14.2 Å². The molecule has 20 heavy (non-hydrogen) atoms. The molecule has 0 saturated heterocycles. The largest absolute Gasteiger partial charge is 0.464 e. The molecule has 1 N–H and O–H groups in total. The third kappa shape index (κ3) is 1.96. The number of benzene rings is 1. The first-order chi connectivity index (χ1) is 9.60. The quantitative estimate of drug-likeness (QED) is 0.795. The molecule has 1 unspecified atom stereocenters. The Balaban J connectivity index is 2.10. The lowest BCUT2D eigenvalue weighted by molar-refractivity contribution is 0.444. The highest BCUT2D eigenvalue weighted by Crippen LogP contribution is 2.26. The summed E-state index contributed by atoms with van der Waals surface area (Å²) in [5, 5.41) is 3.21. The van der Waals surface area contributed by atoms with Crippen molar-refractivity contribution in [3.8, 4) is 0 Å². The summed E-state index contributed by atoms with van der Waals surface area (Å²) in [4.78, 5) is 11.5. The number of hydrogen-bond acceptors (Lipinski definition) is 4. The molecule has 0 aliphatic heterocycles. The molecule has 1 aromatic carbocycles. The number of nitrogens with zero attached hydrogens (tertiary/aromatic N) is 1. The average molecular weight is 272 g/mol. The van der Waals surface area contributed by atoms with Gasteiger partial charge in [-0.15, -0.1) is 0 Å². The smallest absolute Gasteiger partial charge is 0.419 e. The molecule has 0 bridgehead atoms.